The molecule has 33 heavy (non-hydrogen) atoms. The number of rotatable bonds is 7. The first-order chi connectivity index (χ1) is 15.9. The highest BCUT2D eigenvalue weighted by atomic mass is 16.5. The molecule has 0 saturated carbocycles. The molecule has 6 nitrogen and oxygen atoms in total. The maximum atomic E-state index is 12.5. The number of hydrogen-bond acceptors (Lipinski definition) is 4. The fourth-order valence-electron chi connectivity index (χ4n) is 3.04. The first-order valence-electron chi connectivity index (χ1n) is 10.4. The highest BCUT2D eigenvalue weighted by Gasteiger charge is 2.10. The highest BCUT2D eigenvalue weighted by molar-refractivity contribution is 6.09. The first-order valence-corrected chi connectivity index (χ1v) is 10.4. The molecule has 0 bridgehead atoms. The third-order valence-corrected chi connectivity index (χ3v) is 5.11. The van der Waals surface area contributed by atoms with Gasteiger partial charge in [-0.05, 0) is 79.4 Å². The van der Waals surface area contributed by atoms with Crippen LogP contribution >= 0.6 is 0 Å². The van der Waals surface area contributed by atoms with Crippen LogP contribution in [0.15, 0.2) is 72.3 Å². The van der Waals surface area contributed by atoms with E-state index in [1.54, 1.807) is 30.3 Å². The second-order valence-electron chi connectivity index (χ2n) is 7.64. The van der Waals surface area contributed by atoms with Gasteiger partial charge in [-0.1, -0.05) is 36.4 Å². The van der Waals surface area contributed by atoms with Crippen molar-refractivity contribution in [1.82, 2.24) is 0 Å². The van der Waals surface area contributed by atoms with Crippen LogP contribution in [0.2, 0.25) is 0 Å². The van der Waals surface area contributed by atoms with Crippen LogP contribution in [-0.4, -0.2) is 18.4 Å². The van der Waals surface area contributed by atoms with Crippen molar-refractivity contribution in [2.24, 2.45) is 0 Å². The van der Waals surface area contributed by atoms with Crippen molar-refractivity contribution in [1.29, 1.82) is 5.26 Å². The summed E-state index contributed by atoms with van der Waals surface area (Å²) in [5, 5.41) is 15.0. The summed E-state index contributed by atoms with van der Waals surface area (Å²) in [5.41, 5.74) is 5.18. The van der Waals surface area contributed by atoms with Gasteiger partial charge in [-0.15, -0.1) is 0 Å². The monoisotopic (exact) mass is 439 g/mol. The van der Waals surface area contributed by atoms with Crippen molar-refractivity contribution in [2.45, 2.75) is 20.8 Å². The van der Waals surface area contributed by atoms with Gasteiger partial charge < -0.3 is 15.4 Å². The average Bonchev–Trinajstić information content (AvgIpc) is 2.80. The second-order valence-corrected chi connectivity index (χ2v) is 7.64. The van der Waals surface area contributed by atoms with Gasteiger partial charge in [0.2, 0.25) is 0 Å². The summed E-state index contributed by atoms with van der Waals surface area (Å²) in [6, 6.07) is 21.8. The van der Waals surface area contributed by atoms with Gasteiger partial charge in [0.05, 0.1) is 0 Å². The summed E-state index contributed by atoms with van der Waals surface area (Å²) < 4.78 is 5.54. The van der Waals surface area contributed by atoms with Crippen LogP contribution in [0, 0.1) is 32.1 Å². The van der Waals surface area contributed by atoms with E-state index in [2.05, 4.69) is 10.6 Å². The molecule has 0 atom stereocenters. The van der Waals surface area contributed by atoms with Crippen molar-refractivity contribution < 1.29 is 14.3 Å². The Kier molecular flexibility index (Phi) is 7.61. The standard InChI is InChI=1S/C27H25N3O3/c1-18-8-11-23(14-20(18)3)29-27(32)22(16-28)15-21-9-12-24(13-10-21)33-17-26(31)30-25-7-5-4-6-19(25)2/h4-15H,17H2,1-3H3,(H,29,32)(H,30,31)/b22-15-. The minimum absolute atomic E-state index is 0.0143. The maximum absolute atomic E-state index is 12.5. The third kappa shape index (κ3) is 6.55. The van der Waals surface area contributed by atoms with Gasteiger partial charge in [0.1, 0.15) is 17.4 Å². The van der Waals surface area contributed by atoms with E-state index in [1.807, 2.05) is 63.2 Å². The molecule has 166 valence electrons. The number of para-hydroxylation sites is 1. The van der Waals surface area contributed by atoms with Crippen molar-refractivity contribution in [3.63, 3.8) is 0 Å². The summed E-state index contributed by atoms with van der Waals surface area (Å²) in [6.07, 6.45) is 1.51. The number of benzene rings is 3. The number of nitrogens with zero attached hydrogens (tertiary/aromatic N) is 1. The number of anilines is 2. The SMILES string of the molecule is Cc1ccc(NC(=O)/C(C#N)=C\c2ccc(OCC(=O)Nc3ccccc3C)cc2)cc1C. The van der Waals surface area contributed by atoms with Gasteiger partial charge in [0, 0.05) is 11.4 Å². The Morgan fingerprint density at radius 1 is 0.909 bits per heavy atom. The quantitative estimate of drug-likeness (QED) is 0.392. The van der Waals surface area contributed by atoms with Gasteiger partial charge in [0.15, 0.2) is 6.61 Å². The molecule has 0 fully saturated rings. The number of carbonyl (C=O) groups excluding carboxylic acids is 2. The zero-order valence-corrected chi connectivity index (χ0v) is 18.8. The molecular weight excluding hydrogens is 414 g/mol. The number of carbonyl (C=O) groups is 2. The normalized spacial score (nSPS) is 10.8. The Morgan fingerprint density at radius 3 is 2.30 bits per heavy atom. The van der Waals surface area contributed by atoms with Crippen LogP contribution in [0.5, 0.6) is 5.75 Å². The summed E-state index contributed by atoms with van der Waals surface area (Å²) in [7, 11) is 0. The predicted molar refractivity (Wildman–Crippen MR) is 130 cm³/mol. The smallest absolute Gasteiger partial charge is 0.266 e. The molecular formula is C27H25N3O3. The Labute approximate surface area is 193 Å². The molecule has 0 spiro atoms. The van der Waals surface area contributed by atoms with E-state index in [0.717, 1.165) is 22.4 Å². The predicted octanol–water partition coefficient (Wildman–Crippen LogP) is 5.18. The van der Waals surface area contributed by atoms with E-state index in [1.165, 1.54) is 6.08 Å². The van der Waals surface area contributed by atoms with Crippen LogP contribution in [0.4, 0.5) is 11.4 Å². The van der Waals surface area contributed by atoms with E-state index < -0.39 is 5.91 Å². The zero-order valence-electron chi connectivity index (χ0n) is 18.8. The molecule has 0 aliphatic rings. The lowest BCUT2D eigenvalue weighted by Gasteiger charge is -2.09. The number of nitrogens with one attached hydrogen (secondary N) is 2. The van der Waals surface area contributed by atoms with E-state index in [-0.39, 0.29) is 18.1 Å². The molecule has 2 amide bonds. The molecule has 0 aliphatic carbocycles. The molecule has 0 unspecified atom stereocenters. The van der Waals surface area contributed by atoms with Crippen LogP contribution in [-0.2, 0) is 9.59 Å². The van der Waals surface area contributed by atoms with Crippen molar-refractivity contribution in [2.75, 3.05) is 17.2 Å². The van der Waals surface area contributed by atoms with Crippen LogP contribution in [0.1, 0.15) is 22.3 Å². The Balaban J connectivity index is 1.59. The third-order valence-electron chi connectivity index (χ3n) is 5.11. The minimum atomic E-state index is -0.478. The molecule has 3 aromatic carbocycles. The van der Waals surface area contributed by atoms with E-state index in [0.29, 0.717) is 17.0 Å². The molecule has 6 heteroatoms. The fraction of sp³-hybridized carbons (Fsp3) is 0.148. The van der Waals surface area contributed by atoms with Crippen LogP contribution in [0.3, 0.4) is 0 Å². The lowest BCUT2D eigenvalue weighted by molar-refractivity contribution is -0.118. The Hall–Kier alpha value is -4.37. The summed E-state index contributed by atoms with van der Waals surface area (Å²) in [4.78, 5) is 24.6. The fourth-order valence-corrected chi connectivity index (χ4v) is 3.04. The van der Waals surface area contributed by atoms with Gasteiger partial charge in [-0.2, -0.15) is 5.26 Å². The van der Waals surface area contributed by atoms with E-state index >= 15 is 0 Å². The van der Waals surface area contributed by atoms with Crippen molar-refractivity contribution >= 4 is 29.3 Å². The van der Waals surface area contributed by atoms with E-state index in [9.17, 15) is 14.9 Å². The number of aryl methyl sites for hydroxylation is 3. The molecule has 3 rings (SSSR count). The average molecular weight is 440 g/mol. The highest BCUT2D eigenvalue weighted by Crippen LogP contribution is 2.18. The number of ether oxygens (including phenoxy) is 1. The summed E-state index contributed by atoms with van der Waals surface area (Å²) >= 11 is 0. The number of hydrogen-bond donors (Lipinski definition) is 2. The lowest BCUT2D eigenvalue weighted by atomic mass is 10.1. The maximum Gasteiger partial charge on any atom is 0.266 e. The van der Waals surface area contributed by atoms with Gasteiger partial charge in [-0.3, -0.25) is 9.59 Å². The molecule has 0 aliphatic heterocycles. The van der Waals surface area contributed by atoms with Crippen molar-refractivity contribution in [3.05, 3.63) is 94.6 Å². The second kappa shape index (κ2) is 10.8. The van der Waals surface area contributed by atoms with Crippen LogP contribution < -0.4 is 15.4 Å². The summed E-state index contributed by atoms with van der Waals surface area (Å²) in [6.45, 7) is 5.74. The van der Waals surface area contributed by atoms with E-state index in [4.69, 9.17) is 4.74 Å². The molecule has 0 saturated heterocycles. The Morgan fingerprint density at radius 2 is 1.64 bits per heavy atom. The Bertz CT molecular complexity index is 1240. The molecule has 3 aromatic rings. The molecule has 0 radical (unpaired) electrons. The van der Waals surface area contributed by atoms with Crippen LogP contribution in [0.25, 0.3) is 6.08 Å². The lowest BCUT2D eigenvalue weighted by Crippen LogP contribution is -2.20. The summed E-state index contributed by atoms with van der Waals surface area (Å²) in [5.74, 6) is -0.234. The topological polar surface area (TPSA) is 91.2 Å². The van der Waals surface area contributed by atoms with Gasteiger partial charge >= 0.3 is 0 Å². The van der Waals surface area contributed by atoms with Gasteiger partial charge in [0.25, 0.3) is 11.8 Å². The largest absolute Gasteiger partial charge is 0.484 e. The number of nitriles is 1. The molecule has 2 N–H and O–H groups in total. The van der Waals surface area contributed by atoms with Crippen molar-refractivity contribution in [3.8, 4) is 11.8 Å². The van der Waals surface area contributed by atoms with Gasteiger partial charge in [-0.25, -0.2) is 0 Å². The first kappa shape index (κ1) is 23.3. The minimum Gasteiger partial charge on any atom is -0.484 e. The zero-order chi connectivity index (χ0) is 23.8. The molecule has 0 aromatic heterocycles. The number of amides is 2. The molecule has 0 heterocycles.